The van der Waals surface area contributed by atoms with Crippen molar-refractivity contribution in [1.29, 1.82) is 0 Å². The molecule has 0 aliphatic carbocycles. The minimum atomic E-state index is -4.55. The number of nitrogens with zero attached hydrogens (tertiary/aromatic N) is 6. The summed E-state index contributed by atoms with van der Waals surface area (Å²) >= 11 is 0.592. The molecule has 1 fully saturated rings. The number of hydrogen-bond acceptors (Lipinski definition) is 6. The molecule has 3 aromatic rings. The van der Waals surface area contributed by atoms with E-state index in [1.807, 2.05) is 0 Å². The van der Waals surface area contributed by atoms with E-state index in [1.165, 1.54) is 10.6 Å². The number of halogens is 3. The highest BCUT2D eigenvalue weighted by Crippen LogP contribution is 2.29. The van der Waals surface area contributed by atoms with Crippen molar-refractivity contribution in [2.75, 3.05) is 23.7 Å². The second-order valence-electron chi connectivity index (χ2n) is 6.62. The highest BCUT2D eigenvalue weighted by molar-refractivity contribution is 7.65. The standard InChI is InChI=1S/C17H16F3N6OS/c18-17(19,20)13-9-26-12(6-23-15(26)7-22-13)16-21-4-3-14(24-16)25-5-1-2-11(8-25)10-28-27/h3-4,6-7,9,11H,1-2,5,8,10H2/q+1. The topological polar surface area (TPSA) is 76.3 Å². The summed E-state index contributed by atoms with van der Waals surface area (Å²) < 4.78 is 51.2. The van der Waals surface area contributed by atoms with Crippen LogP contribution in [0, 0.1) is 5.92 Å². The summed E-state index contributed by atoms with van der Waals surface area (Å²) in [6.45, 7) is 1.53. The van der Waals surface area contributed by atoms with Gasteiger partial charge in [0, 0.05) is 35.6 Å². The first-order valence-electron chi connectivity index (χ1n) is 8.69. The molecular formula is C17H16F3N6OS+. The van der Waals surface area contributed by atoms with Crippen LogP contribution < -0.4 is 4.90 Å². The van der Waals surface area contributed by atoms with E-state index in [2.05, 4.69) is 24.8 Å². The van der Waals surface area contributed by atoms with E-state index < -0.39 is 11.9 Å². The molecule has 1 aliphatic heterocycles. The Kier molecular flexibility index (Phi) is 4.92. The number of aromatic nitrogens is 5. The maximum atomic E-state index is 13.0. The van der Waals surface area contributed by atoms with E-state index in [4.69, 9.17) is 0 Å². The molecule has 28 heavy (non-hydrogen) atoms. The van der Waals surface area contributed by atoms with Crippen LogP contribution in [0.3, 0.4) is 0 Å². The highest BCUT2D eigenvalue weighted by atomic mass is 32.1. The molecule has 4 rings (SSSR count). The quantitative estimate of drug-likeness (QED) is 0.617. The van der Waals surface area contributed by atoms with E-state index in [-0.39, 0.29) is 11.5 Å². The lowest BCUT2D eigenvalue weighted by atomic mass is 10.0. The molecule has 1 unspecified atom stereocenters. The normalized spacial score (nSPS) is 17.8. The van der Waals surface area contributed by atoms with Gasteiger partial charge >= 0.3 is 17.8 Å². The zero-order valence-electron chi connectivity index (χ0n) is 14.6. The third-order valence-corrected chi connectivity index (χ3v) is 5.31. The molecule has 0 amide bonds. The lowest BCUT2D eigenvalue weighted by Gasteiger charge is -2.31. The van der Waals surface area contributed by atoms with Gasteiger partial charge in [-0.15, -0.1) is 0 Å². The molecule has 0 saturated carbocycles. The number of imidazole rings is 1. The van der Waals surface area contributed by atoms with Crippen molar-refractivity contribution in [1.82, 2.24) is 24.3 Å². The van der Waals surface area contributed by atoms with Crippen LogP contribution in [0.2, 0.25) is 0 Å². The van der Waals surface area contributed by atoms with Crippen LogP contribution in [0.25, 0.3) is 17.2 Å². The van der Waals surface area contributed by atoms with Crippen LogP contribution >= 0.6 is 0 Å². The Morgan fingerprint density at radius 3 is 2.86 bits per heavy atom. The minimum Gasteiger partial charge on any atom is -0.356 e. The summed E-state index contributed by atoms with van der Waals surface area (Å²) in [6.07, 6.45) is 2.39. The van der Waals surface area contributed by atoms with Crippen molar-refractivity contribution in [3.8, 4) is 11.5 Å². The minimum absolute atomic E-state index is 0.280. The van der Waals surface area contributed by atoms with Crippen molar-refractivity contribution in [2.45, 2.75) is 19.0 Å². The number of hydrogen-bond donors (Lipinski definition) is 0. The molecule has 7 nitrogen and oxygen atoms in total. The fraction of sp³-hybridized carbons (Fsp3) is 0.412. The Labute approximate surface area is 162 Å². The molecule has 1 saturated heterocycles. The summed E-state index contributed by atoms with van der Waals surface area (Å²) in [6, 6.07) is 1.77. The van der Waals surface area contributed by atoms with Crippen LogP contribution in [-0.2, 0) is 22.1 Å². The van der Waals surface area contributed by atoms with Crippen LogP contribution in [0.5, 0.6) is 0 Å². The largest absolute Gasteiger partial charge is 0.459 e. The van der Waals surface area contributed by atoms with Gasteiger partial charge in [0.25, 0.3) is 0 Å². The summed E-state index contributed by atoms with van der Waals surface area (Å²) in [4.78, 5) is 18.4. The molecule has 0 N–H and O–H groups in total. The molecule has 3 aromatic heterocycles. The Balaban J connectivity index is 1.69. The predicted octanol–water partition coefficient (Wildman–Crippen LogP) is 2.85. The van der Waals surface area contributed by atoms with Gasteiger partial charge in [-0.2, -0.15) is 13.2 Å². The first kappa shape index (κ1) is 18.7. The summed E-state index contributed by atoms with van der Waals surface area (Å²) in [5.74, 6) is 1.82. The number of anilines is 1. The Morgan fingerprint density at radius 1 is 1.21 bits per heavy atom. The van der Waals surface area contributed by atoms with E-state index in [0.29, 0.717) is 34.8 Å². The van der Waals surface area contributed by atoms with Gasteiger partial charge in [-0.1, -0.05) is 0 Å². The van der Waals surface area contributed by atoms with E-state index in [9.17, 15) is 17.4 Å². The summed E-state index contributed by atoms with van der Waals surface area (Å²) in [7, 11) is 0. The second-order valence-corrected chi connectivity index (χ2v) is 7.19. The number of piperidine rings is 1. The van der Waals surface area contributed by atoms with Crippen molar-refractivity contribution in [2.24, 2.45) is 5.92 Å². The lowest BCUT2D eigenvalue weighted by molar-refractivity contribution is -0.141. The van der Waals surface area contributed by atoms with Gasteiger partial charge in [-0.3, -0.25) is 4.40 Å². The fourth-order valence-electron chi connectivity index (χ4n) is 3.36. The number of alkyl halides is 3. The molecule has 4 heterocycles. The lowest BCUT2D eigenvalue weighted by Crippen LogP contribution is -2.37. The zero-order valence-corrected chi connectivity index (χ0v) is 15.4. The van der Waals surface area contributed by atoms with Crippen LogP contribution in [0.4, 0.5) is 19.0 Å². The van der Waals surface area contributed by atoms with Crippen LogP contribution in [0.1, 0.15) is 18.5 Å². The van der Waals surface area contributed by atoms with Gasteiger partial charge in [0.15, 0.2) is 17.2 Å². The van der Waals surface area contributed by atoms with E-state index in [1.54, 1.807) is 12.3 Å². The monoisotopic (exact) mass is 409 g/mol. The van der Waals surface area contributed by atoms with E-state index in [0.717, 1.165) is 38.3 Å². The van der Waals surface area contributed by atoms with Crippen LogP contribution in [-0.4, -0.2) is 43.2 Å². The molecule has 146 valence electrons. The summed E-state index contributed by atoms with van der Waals surface area (Å²) in [5, 5.41) is 0. The maximum absolute atomic E-state index is 13.0. The second kappa shape index (κ2) is 7.38. The van der Waals surface area contributed by atoms with Crippen molar-refractivity contribution < 1.29 is 17.4 Å². The Morgan fingerprint density at radius 2 is 2.07 bits per heavy atom. The molecule has 0 spiro atoms. The third-order valence-electron chi connectivity index (χ3n) is 4.70. The highest BCUT2D eigenvalue weighted by Gasteiger charge is 2.33. The first-order chi connectivity index (χ1) is 13.5. The molecule has 0 radical (unpaired) electrons. The van der Waals surface area contributed by atoms with Crippen LogP contribution in [0.15, 0.2) is 30.9 Å². The SMILES string of the molecule is O=[S+]CC1CCCN(c2ccnc(-c3cnc4cnc(C(F)(F)F)cn34)n2)C1. The van der Waals surface area contributed by atoms with Gasteiger partial charge in [0.1, 0.15) is 11.5 Å². The average Bonchev–Trinajstić information content (AvgIpc) is 3.11. The van der Waals surface area contributed by atoms with E-state index >= 15 is 0 Å². The fourth-order valence-corrected chi connectivity index (χ4v) is 3.82. The molecule has 0 bridgehead atoms. The van der Waals surface area contributed by atoms with Gasteiger partial charge in [0.05, 0.1) is 12.4 Å². The Hall–Kier alpha value is -2.69. The van der Waals surface area contributed by atoms with Crippen molar-refractivity contribution in [3.63, 3.8) is 0 Å². The average molecular weight is 409 g/mol. The van der Waals surface area contributed by atoms with Gasteiger partial charge in [-0.05, 0) is 18.9 Å². The van der Waals surface area contributed by atoms with Gasteiger partial charge in [-0.25, -0.2) is 19.9 Å². The van der Waals surface area contributed by atoms with Crippen molar-refractivity contribution in [3.05, 3.63) is 36.5 Å². The third kappa shape index (κ3) is 3.66. The van der Waals surface area contributed by atoms with Gasteiger partial charge < -0.3 is 4.90 Å². The molecule has 1 aliphatic rings. The number of fused-ring (bicyclic) bond motifs is 1. The predicted molar refractivity (Wildman–Crippen MR) is 96.9 cm³/mol. The molecule has 11 heteroatoms. The first-order valence-corrected chi connectivity index (χ1v) is 9.60. The summed E-state index contributed by atoms with van der Waals surface area (Å²) in [5.41, 5.74) is -0.375. The maximum Gasteiger partial charge on any atom is 0.459 e. The zero-order chi connectivity index (χ0) is 19.7. The smallest absolute Gasteiger partial charge is 0.356 e. The Bertz CT molecular complexity index is 1010. The molecule has 1 atom stereocenters. The number of rotatable bonds is 4. The van der Waals surface area contributed by atoms with Gasteiger partial charge in [0.2, 0.25) is 5.75 Å². The van der Waals surface area contributed by atoms with Crippen molar-refractivity contribution >= 4 is 23.1 Å². The molecule has 0 aromatic carbocycles. The molecular weight excluding hydrogens is 393 g/mol.